The molecule has 1 fully saturated rings. The van der Waals surface area contributed by atoms with Crippen LogP contribution in [-0.4, -0.2) is 51.1 Å². The average Bonchev–Trinajstić information content (AvgIpc) is 2.67. The molecule has 0 aliphatic carbocycles. The summed E-state index contributed by atoms with van der Waals surface area (Å²) in [6, 6.07) is 0.922. The summed E-state index contributed by atoms with van der Waals surface area (Å²) in [5.74, 6) is 0.775. The van der Waals surface area contributed by atoms with Crippen LogP contribution in [-0.2, 0) is 6.54 Å². The van der Waals surface area contributed by atoms with Gasteiger partial charge in [-0.2, -0.15) is 0 Å². The molecule has 1 N–H and O–H groups in total. The summed E-state index contributed by atoms with van der Waals surface area (Å²) in [5, 5.41) is 14.4. The predicted octanol–water partition coefficient (Wildman–Crippen LogP) is 0.782. The standard InChI is InChI=1S/C12H21N5O2/c1-9-7-15(8-10(2)14-9)4-5-16-11(3)13-6-12(16)17(18)19/h6,9-10,14H,4-5,7-8H2,1-3H3. The van der Waals surface area contributed by atoms with Gasteiger partial charge < -0.3 is 15.4 Å². The van der Waals surface area contributed by atoms with E-state index < -0.39 is 0 Å². The van der Waals surface area contributed by atoms with Crippen LogP contribution in [0.5, 0.6) is 0 Å². The number of piperazine rings is 1. The van der Waals surface area contributed by atoms with Gasteiger partial charge in [0.1, 0.15) is 12.7 Å². The van der Waals surface area contributed by atoms with Gasteiger partial charge in [0.25, 0.3) is 0 Å². The number of hydrogen-bond acceptors (Lipinski definition) is 5. The zero-order valence-corrected chi connectivity index (χ0v) is 11.7. The highest BCUT2D eigenvalue weighted by atomic mass is 16.6. The number of nitrogens with one attached hydrogen (secondary N) is 1. The Kier molecular flexibility index (Phi) is 4.16. The van der Waals surface area contributed by atoms with E-state index in [1.807, 2.05) is 0 Å². The van der Waals surface area contributed by atoms with Gasteiger partial charge in [-0.25, -0.2) is 9.55 Å². The van der Waals surface area contributed by atoms with E-state index in [2.05, 4.69) is 29.0 Å². The molecule has 2 atom stereocenters. The van der Waals surface area contributed by atoms with Crippen molar-refractivity contribution in [2.24, 2.45) is 0 Å². The normalized spacial score (nSPS) is 24.6. The highest BCUT2D eigenvalue weighted by Crippen LogP contribution is 2.14. The smallest absolute Gasteiger partial charge is 0.342 e. The molecule has 7 heteroatoms. The SMILES string of the molecule is Cc1ncc([N+](=O)[O-])n1CCN1CC(C)NC(C)C1. The number of hydrogen-bond donors (Lipinski definition) is 1. The topological polar surface area (TPSA) is 76.2 Å². The zero-order valence-electron chi connectivity index (χ0n) is 11.7. The van der Waals surface area contributed by atoms with Gasteiger partial charge in [-0.1, -0.05) is 0 Å². The summed E-state index contributed by atoms with van der Waals surface area (Å²) >= 11 is 0. The number of aryl methyl sites for hydroxylation is 1. The van der Waals surface area contributed by atoms with E-state index in [4.69, 9.17) is 0 Å². The number of imidazole rings is 1. The average molecular weight is 267 g/mol. The van der Waals surface area contributed by atoms with Crippen LogP contribution in [0.2, 0.25) is 0 Å². The highest BCUT2D eigenvalue weighted by molar-refractivity contribution is 5.18. The van der Waals surface area contributed by atoms with Crippen LogP contribution < -0.4 is 5.32 Å². The molecule has 1 saturated heterocycles. The maximum Gasteiger partial charge on any atom is 0.342 e. The van der Waals surface area contributed by atoms with Gasteiger partial charge in [0.05, 0.1) is 0 Å². The Labute approximate surface area is 112 Å². The molecule has 2 heterocycles. The first-order valence-electron chi connectivity index (χ1n) is 6.62. The summed E-state index contributed by atoms with van der Waals surface area (Å²) in [4.78, 5) is 16.9. The second-order valence-electron chi connectivity index (χ2n) is 5.30. The van der Waals surface area contributed by atoms with Crippen LogP contribution in [0, 0.1) is 17.0 Å². The maximum absolute atomic E-state index is 10.9. The minimum atomic E-state index is -0.372. The molecule has 0 radical (unpaired) electrons. The molecule has 0 bridgehead atoms. The van der Waals surface area contributed by atoms with Crippen molar-refractivity contribution in [2.75, 3.05) is 19.6 Å². The molecule has 1 aliphatic heterocycles. The fourth-order valence-electron chi connectivity index (χ4n) is 2.74. The van der Waals surface area contributed by atoms with Crippen molar-refractivity contribution in [1.29, 1.82) is 0 Å². The van der Waals surface area contributed by atoms with Gasteiger partial charge >= 0.3 is 5.82 Å². The predicted molar refractivity (Wildman–Crippen MR) is 72.1 cm³/mol. The minimum Gasteiger partial charge on any atom is -0.358 e. The summed E-state index contributed by atoms with van der Waals surface area (Å²) < 4.78 is 1.68. The third-order valence-electron chi connectivity index (χ3n) is 3.49. The molecule has 2 rings (SSSR count). The monoisotopic (exact) mass is 267 g/mol. The Hall–Kier alpha value is -1.47. The summed E-state index contributed by atoms with van der Waals surface area (Å²) in [6.45, 7) is 9.50. The minimum absolute atomic E-state index is 0.0775. The van der Waals surface area contributed by atoms with E-state index in [0.29, 0.717) is 24.5 Å². The van der Waals surface area contributed by atoms with Crippen molar-refractivity contribution in [3.05, 3.63) is 22.1 Å². The lowest BCUT2D eigenvalue weighted by Gasteiger charge is -2.35. The Bertz CT molecular complexity index is 449. The fourth-order valence-corrected chi connectivity index (χ4v) is 2.74. The number of aromatic nitrogens is 2. The van der Waals surface area contributed by atoms with E-state index in [1.165, 1.54) is 6.20 Å². The number of nitrogens with zero attached hydrogens (tertiary/aromatic N) is 4. The quantitative estimate of drug-likeness (QED) is 0.644. The number of nitro groups is 1. The lowest BCUT2D eigenvalue weighted by molar-refractivity contribution is -0.392. The second-order valence-corrected chi connectivity index (χ2v) is 5.30. The van der Waals surface area contributed by atoms with Crippen molar-refractivity contribution >= 4 is 5.82 Å². The Balaban J connectivity index is 1.99. The largest absolute Gasteiger partial charge is 0.358 e. The fraction of sp³-hybridized carbons (Fsp3) is 0.750. The first-order valence-corrected chi connectivity index (χ1v) is 6.62. The summed E-state index contributed by atoms with van der Waals surface area (Å²) in [7, 11) is 0. The molecule has 0 spiro atoms. The molecular formula is C12H21N5O2. The van der Waals surface area contributed by atoms with Gasteiger partial charge in [0.2, 0.25) is 0 Å². The van der Waals surface area contributed by atoms with E-state index in [0.717, 1.165) is 19.6 Å². The van der Waals surface area contributed by atoms with E-state index in [-0.39, 0.29) is 10.7 Å². The molecule has 19 heavy (non-hydrogen) atoms. The van der Waals surface area contributed by atoms with Crippen LogP contribution in [0.1, 0.15) is 19.7 Å². The molecule has 0 aromatic carbocycles. The molecular weight excluding hydrogens is 246 g/mol. The molecule has 1 aromatic heterocycles. The van der Waals surface area contributed by atoms with Crippen LogP contribution in [0.3, 0.4) is 0 Å². The zero-order chi connectivity index (χ0) is 14.0. The van der Waals surface area contributed by atoms with Crippen molar-refractivity contribution in [3.63, 3.8) is 0 Å². The van der Waals surface area contributed by atoms with Crippen molar-refractivity contribution in [1.82, 2.24) is 19.8 Å². The summed E-state index contributed by atoms with van der Waals surface area (Å²) in [5.41, 5.74) is 0. The Morgan fingerprint density at radius 2 is 2.05 bits per heavy atom. The van der Waals surface area contributed by atoms with Gasteiger partial charge in [0.15, 0.2) is 5.82 Å². The molecule has 0 saturated carbocycles. The molecule has 1 aromatic rings. The first-order chi connectivity index (χ1) is 8.97. The Morgan fingerprint density at radius 1 is 1.42 bits per heavy atom. The van der Waals surface area contributed by atoms with Gasteiger partial charge in [-0.15, -0.1) is 0 Å². The third-order valence-corrected chi connectivity index (χ3v) is 3.49. The second kappa shape index (κ2) is 5.66. The molecule has 106 valence electrons. The van der Waals surface area contributed by atoms with Crippen LogP contribution in [0.25, 0.3) is 0 Å². The molecule has 2 unspecified atom stereocenters. The highest BCUT2D eigenvalue weighted by Gasteiger charge is 2.23. The van der Waals surface area contributed by atoms with Gasteiger partial charge in [-0.3, -0.25) is 4.90 Å². The van der Waals surface area contributed by atoms with E-state index >= 15 is 0 Å². The first kappa shape index (κ1) is 14.0. The van der Waals surface area contributed by atoms with Crippen molar-refractivity contribution in [3.8, 4) is 0 Å². The lowest BCUT2D eigenvalue weighted by atomic mass is 10.1. The molecule has 1 aliphatic rings. The van der Waals surface area contributed by atoms with Gasteiger partial charge in [0, 0.05) is 38.6 Å². The Morgan fingerprint density at radius 3 is 2.63 bits per heavy atom. The van der Waals surface area contributed by atoms with Crippen molar-refractivity contribution < 1.29 is 4.92 Å². The van der Waals surface area contributed by atoms with Crippen molar-refractivity contribution in [2.45, 2.75) is 39.4 Å². The van der Waals surface area contributed by atoms with Crippen LogP contribution in [0.4, 0.5) is 5.82 Å². The molecule has 0 amide bonds. The van der Waals surface area contributed by atoms with Crippen LogP contribution >= 0.6 is 0 Å². The maximum atomic E-state index is 10.9. The van der Waals surface area contributed by atoms with Crippen LogP contribution in [0.15, 0.2) is 6.20 Å². The summed E-state index contributed by atoms with van der Waals surface area (Å²) in [6.07, 6.45) is 1.33. The third kappa shape index (κ3) is 3.30. The van der Waals surface area contributed by atoms with E-state index in [1.54, 1.807) is 11.5 Å². The van der Waals surface area contributed by atoms with Gasteiger partial charge in [-0.05, 0) is 18.8 Å². The lowest BCUT2D eigenvalue weighted by Crippen LogP contribution is -2.54. The van der Waals surface area contributed by atoms with E-state index in [9.17, 15) is 10.1 Å². The molecule has 7 nitrogen and oxygen atoms in total. The number of rotatable bonds is 4.